The highest BCUT2D eigenvalue weighted by atomic mass is 16.3. The summed E-state index contributed by atoms with van der Waals surface area (Å²) in [6, 6.07) is 62.3. The SMILES string of the molecule is C1=CC(c2ccc(C3C=C(c4ccc(-c5ccccc5)cc4)NC(c4ccccc4)=N3)cc2)CC=C1c1ccc(-c2ccc3oc4ccccc4c3c2)cc1. The molecule has 2 unspecified atom stereocenters. The summed E-state index contributed by atoms with van der Waals surface area (Å²) >= 11 is 0. The molecule has 1 aliphatic heterocycles. The number of hydrogen-bond donors (Lipinski definition) is 1. The second kappa shape index (κ2) is 14.1. The van der Waals surface area contributed by atoms with E-state index < -0.39 is 0 Å². The molecule has 1 aromatic heterocycles. The van der Waals surface area contributed by atoms with Crippen LogP contribution in [0.5, 0.6) is 0 Å². The van der Waals surface area contributed by atoms with Crippen molar-refractivity contribution in [3.05, 3.63) is 228 Å². The Balaban J connectivity index is 0.855. The van der Waals surface area contributed by atoms with Crippen LogP contribution < -0.4 is 5.32 Å². The number of hydrogen-bond acceptors (Lipinski definition) is 3. The molecule has 1 N–H and O–H groups in total. The zero-order valence-electron chi connectivity index (χ0n) is 30.3. The number of nitrogens with zero attached hydrogens (tertiary/aromatic N) is 1. The Kier molecular flexibility index (Phi) is 8.38. The summed E-state index contributed by atoms with van der Waals surface area (Å²) in [6.45, 7) is 0. The number of aliphatic imine (C=N–C) groups is 1. The van der Waals surface area contributed by atoms with Gasteiger partial charge in [-0.3, -0.25) is 4.99 Å². The van der Waals surface area contributed by atoms with E-state index in [1.54, 1.807) is 0 Å². The van der Waals surface area contributed by atoms with Crippen molar-refractivity contribution in [1.82, 2.24) is 5.32 Å². The number of benzene rings is 7. The first-order valence-corrected chi connectivity index (χ1v) is 19.0. The zero-order valence-corrected chi connectivity index (χ0v) is 30.3. The fourth-order valence-corrected chi connectivity index (χ4v) is 7.87. The highest BCUT2D eigenvalue weighted by molar-refractivity contribution is 6.06. The van der Waals surface area contributed by atoms with E-state index in [9.17, 15) is 0 Å². The number of nitrogens with one attached hydrogen (secondary N) is 1. The van der Waals surface area contributed by atoms with Gasteiger partial charge in [0.15, 0.2) is 0 Å². The van der Waals surface area contributed by atoms with Gasteiger partial charge in [-0.25, -0.2) is 0 Å². The molecule has 0 saturated heterocycles. The van der Waals surface area contributed by atoms with Gasteiger partial charge in [-0.05, 0) is 80.8 Å². The van der Waals surface area contributed by atoms with Crippen molar-refractivity contribution >= 4 is 39.0 Å². The molecular formula is C52H38N2O. The van der Waals surface area contributed by atoms with Crippen LogP contribution in [0.15, 0.2) is 210 Å². The van der Waals surface area contributed by atoms with Crippen molar-refractivity contribution in [1.29, 1.82) is 0 Å². The molecule has 55 heavy (non-hydrogen) atoms. The number of rotatable bonds is 7. The lowest BCUT2D eigenvalue weighted by atomic mass is 9.87. The van der Waals surface area contributed by atoms with Gasteiger partial charge < -0.3 is 9.73 Å². The maximum atomic E-state index is 6.04. The molecule has 0 saturated carbocycles. The predicted molar refractivity (Wildman–Crippen MR) is 229 cm³/mol. The van der Waals surface area contributed by atoms with E-state index in [0.717, 1.165) is 51.0 Å². The number of allylic oxidation sites excluding steroid dienone is 4. The Morgan fingerprint density at radius 1 is 0.491 bits per heavy atom. The van der Waals surface area contributed by atoms with Gasteiger partial charge in [0, 0.05) is 28.0 Å². The van der Waals surface area contributed by atoms with Crippen LogP contribution in [-0.2, 0) is 0 Å². The van der Waals surface area contributed by atoms with Crippen molar-refractivity contribution in [2.45, 2.75) is 18.4 Å². The fourth-order valence-electron chi connectivity index (χ4n) is 7.87. The highest BCUT2D eigenvalue weighted by Gasteiger charge is 2.20. The van der Waals surface area contributed by atoms with E-state index in [-0.39, 0.29) is 6.04 Å². The van der Waals surface area contributed by atoms with Gasteiger partial charge in [0.2, 0.25) is 0 Å². The second-order valence-corrected chi connectivity index (χ2v) is 14.4. The average Bonchev–Trinajstić information content (AvgIpc) is 3.65. The Morgan fingerprint density at radius 2 is 1.07 bits per heavy atom. The largest absolute Gasteiger partial charge is 0.456 e. The lowest BCUT2D eigenvalue weighted by molar-refractivity contribution is 0.669. The predicted octanol–water partition coefficient (Wildman–Crippen LogP) is 13.2. The number of fused-ring (bicyclic) bond motifs is 3. The van der Waals surface area contributed by atoms with E-state index in [2.05, 4.69) is 187 Å². The third-order valence-corrected chi connectivity index (χ3v) is 10.9. The molecule has 0 spiro atoms. The minimum Gasteiger partial charge on any atom is -0.456 e. The molecule has 0 radical (unpaired) electrons. The fraction of sp³-hybridized carbons (Fsp3) is 0.0577. The molecule has 3 heteroatoms. The number of furan rings is 1. The van der Waals surface area contributed by atoms with Gasteiger partial charge in [-0.1, -0.05) is 176 Å². The maximum absolute atomic E-state index is 6.04. The standard InChI is InChI=1S/C52H38N2O/c1-3-9-35(10-4-1)36-23-27-42(28-24-36)48-34-49(54-52(53-48)44-11-5-2-6-12-44)43-29-25-40(26-30-43)38-17-15-37(16-18-38)39-19-21-41(22-20-39)45-31-32-51-47(33-45)46-13-7-8-14-50(46)55-51/h1-17,19-34,38,49H,18H2,(H,53,54). The van der Waals surface area contributed by atoms with E-state index in [4.69, 9.17) is 9.41 Å². The van der Waals surface area contributed by atoms with Gasteiger partial charge in [0.25, 0.3) is 0 Å². The first-order chi connectivity index (χ1) is 27.2. The Bertz CT molecular complexity index is 2770. The normalized spacial score (nSPS) is 16.7. The van der Waals surface area contributed by atoms with Gasteiger partial charge in [0.05, 0.1) is 6.04 Å². The summed E-state index contributed by atoms with van der Waals surface area (Å²) in [7, 11) is 0. The molecule has 2 atom stereocenters. The second-order valence-electron chi connectivity index (χ2n) is 14.4. The molecule has 8 aromatic rings. The smallest absolute Gasteiger partial charge is 0.135 e. The molecule has 262 valence electrons. The van der Waals surface area contributed by atoms with Crippen LogP contribution in [0.2, 0.25) is 0 Å². The first kappa shape index (κ1) is 32.7. The van der Waals surface area contributed by atoms with Gasteiger partial charge >= 0.3 is 0 Å². The Labute approximate surface area is 321 Å². The number of amidine groups is 1. The Morgan fingerprint density at radius 3 is 1.80 bits per heavy atom. The molecular weight excluding hydrogens is 669 g/mol. The molecule has 10 rings (SSSR count). The van der Waals surface area contributed by atoms with Crippen molar-refractivity contribution in [3.63, 3.8) is 0 Å². The van der Waals surface area contributed by atoms with Crippen LogP contribution in [0.4, 0.5) is 0 Å². The van der Waals surface area contributed by atoms with Crippen molar-refractivity contribution in [2.75, 3.05) is 0 Å². The van der Waals surface area contributed by atoms with Crippen LogP contribution in [0.1, 0.15) is 46.2 Å². The van der Waals surface area contributed by atoms with E-state index in [0.29, 0.717) is 5.92 Å². The minimum atomic E-state index is -0.105. The monoisotopic (exact) mass is 706 g/mol. The molecule has 0 fully saturated rings. The quantitative estimate of drug-likeness (QED) is 0.179. The van der Waals surface area contributed by atoms with Crippen LogP contribution in [0, 0.1) is 0 Å². The lowest BCUT2D eigenvalue weighted by Gasteiger charge is -2.24. The van der Waals surface area contributed by atoms with E-state index in [1.807, 2.05) is 18.2 Å². The molecule has 7 aromatic carbocycles. The molecule has 2 aliphatic rings. The van der Waals surface area contributed by atoms with Gasteiger partial charge in [-0.15, -0.1) is 0 Å². The van der Waals surface area contributed by atoms with Crippen LogP contribution >= 0.6 is 0 Å². The molecule has 0 amide bonds. The highest BCUT2D eigenvalue weighted by Crippen LogP contribution is 2.36. The molecule has 1 aliphatic carbocycles. The summed E-state index contributed by atoms with van der Waals surface area (Å²) < 4.78 is 6.04. The average molecular weight is 707 g/mol. The van der Waals surface area contributed by atoms with Crippen molar-refractivity contribution in [2.24, 2.45) is 4.99 Å². The number of para-hydroxylation sites is 1. The maximum Gasteiger partial charge on any atom is 0.135 e. The van der Waals surface area contributed by atoms with Gasteiger partial charge in [-0.2, -0.15) is 0 Å². The summed E-state index contributed by atoms with van der Waals surface area (Å²) in [4.78, 5) is 5.20. The van der Waals surface area contributed by atoms with Crippen LogP contribution in [-0.4, -0.2) is 5.84 Å². The van der Waals surface area contributed by atoms with Crippen molar-refractivity contribution < 1.29 is 4.42 Å². The first-order valence-electron chi connectivity index (χ1n) is 19.0. The molecule has 0 bridgehead atoms. The van der Waals surface area contributed by atoms with Crippen LogP contribution in [0.3, 0.4) is 0 Å². The third kappa shape index (κ3) is 6.51. The summed E-state index contributed by atoms with van der Waals surface area (Å²) in [5.74, 6) is 1.21. The summed E-state index contributed by atoms with van der Waals surface area (Å²) in [6.07, 6.45) is 10.2. The third-order valence-electron chi connectivity index (χ3n) is 10.9. The summed E-state index contributed by atoms with van der Waals surface area (Å²) in [5, 5.41) is 5.95. The Hall–Kier alpha value is -6.97. The van der Waals surface area contributed by atoms with E-state index >= 15 is 0 Å². The van der Waals surface area contributed by atoms with E-state index in [1.165, 1.54) is 44.5 Å². The van der Waals surface area contributed by atoms with Crippen LogP contribution in [0.25, 0.3) is 55.5 Å². The minimum absolute atomic E-state index is 0.105. The van der Waals surface area contributed by atoms with Crippen molar-refractivity contribution in [3.8, 4) is 22.3 Å². The summed E-state index contributed by atoms with van der Waals surface area (Å²) in [5.41, 5.74) is 14.9. The topological polar surface area (TPSA) is 37.5 Å². The lowest BCUT2D eigenvalue weighted by Crippen LogP contribution is -2.27. The van der Waals surface area contributed by atoms with Gasteiger partial charge in [0.1, 0.15) is 17.0 Å². The molecule has 2 heterocycles. The zero-order chi connectivity index (χ0) is 36.6. The molecule has 3 nitrogen and oxygen atoms in total.